The lowest BCUT2D eigenvalue weighted by molar-refractivity contribution is 0.268. The van der Waals surface area contributed by atoms with Gasteiger partial charge < -0.3 is 9.64 Å². The fraction of sp³-hybridized carbons (Fsp3) is 0.765. The third-order valence-corrected chi connectivity index (χ3v) is 4.84. The molecule has 1 aromatic rings. The molecule has 0 amide bonds. The Morgan fingerprint density at radius 1 is 1.19 bits per heavy atom. The van der Waals surface area contributed by atoms with E-state index in [-0.39, 0.29) is 0 Å². The van der Waals surface area contributed by atoms with Crippen LogP contribution in [0.1, 0.15) is 57.1 Å². The summed E-state index contributed by atoms with van der Waals surface area (Å²) in [6, 6.07) is 0. The van der Waals surface area contributed by atoms with E-state index in [0.717, 1.165) is 37.1 Å². The zero-order valence-corrected chi connectivity index (χ0v) is 13.1. The molecule has 0 aliphatic carbocycles. The molecule has 1 unspecified atom stereocenters. The predicted molar refractivity (Wildman–Crippen MR) is 83.6 cm³/mol. The molecule has 2 saturated heterocycles. The molecular weight excluding hydrogens is 262 g/mol. The maximum atomic E-state index is 5.95. The molecule has 21 heavy (non-hydrogen) atoms. The highest BCUT2D eigenvalue weighted by Gasteiger charge is 2.38. The van der Waals surface area contributed by atoms with E-state index in [2.05, 4.69) is 21.8 Å². The van der Waals surface area contributed by atoms with Gasteiger partial charge >= 0.3 is 0 Å². The lowest BCUT2D eigenvalue weighted by atomic mass is 9.89. The van der Waals surface area contributed by atoms with Crippen LogP contribution in [0.3, 0.4) is 0 Å². The number of unbranched alkanes of at least 4 members (excludes halogenated alkanes) is 3. The zero-order chi connectivity index (χ0) is 14.5. The molecule has 3 heterocycles. The quantitative estimate of drug-likeness (QED) is 0.722. The van der Waals surface area contributed by atoms with E-state index in [1.54, 1.807) is 6.20 Å². The van der Waals surface area contributed by atoms with Gasteiger partial charge in [-0.15, -0.1) is 0 Å². The second-order valence-electron chi connectivity index (χ2n) is 6.42. The van der Waals surface area contributed by atoms with Gasteiger partial charge in [-0.2, -0.15) is 0 Å². The van der Waals surface area contributed by atoms with Crippen molar-refractivity contribution in [1.82, 2.24) is 14.9 Å². The lowest BCUT2D eigenvalue weighted by Crippen LogP contribution is -2.25. The molecule has 116 valence electrons. The molecule has 2 bridgehead atoms. The number of rotatable bonds is 7. The number of hydrogen-bond donors (Lipinski definition) is 0. The Hall–Kier alpha value is -1.16. The summed E-state index contributed by atoms with van der Waals surface area (Å²) in [5.74, 6) is 2.05. The fourth-order valence-electron chi connectivity index (χ4n) is 3.72. The summed E-state index contributed by atoms with van der Waals surface area (Å²) in [7, 11) is 0. The standard InChI is InChI=1S/C17H27N3O/c1-2-3-4-5-11-21-17-16(18-8-9-19-17)15-13-20-10-6-7-14(15)12-20/h8-9,14-15H,2-7,10-13H2,1H3/t14-,15-/m0/s1. The number of ether oxygens (including phenoxy) is 1. The number of nitrogens with zero attached hydrogens (tertiary/aromatic N) is 3. The molecule has 4 nitrogen and oxygen atoms in total. The van der Waals surface area contributed by atoms with Gasteiger partial charge in [-0.3, -0.25) is 4.98 Å². The van der Waals surface area contributed by atoms with Crippen LogP contribution in [0.4, 0.5) is 0 Å². The van der Waals surface area contributed by atoms with Crippen LogP contribution in [0.15, 0.2) is 12.4 Å². The highest BCUT2D eigenvalue weighted by Crippen LogP contribution is 2.40. The Labute approximate surface area is 127 Å². The smallest absolute Gasteiger partial charge is 0.235 e. The Bertz CT molecular complexity index is 451. The average molecular weight is 289 g/mol. The first kappa shape index (κ1) is 14.8. The van der Waals surface area contributed by atoms with E-state index in [1.165, 1.54) is 45.2 Å². The number of hydrogen-bond acceptors (Lipinski definition) is 4. The molecule has 2 aliphatic rings. The SMILES string of the molecule is CCCCCCOc1nccnc1[C@H]1CN2CCC[C@H]1C2. The normalized spacial score (nSPS) is 27.8. The molecule has 3 rings (SSSR count). The Balaban J connectivity index is 1.62. The largest absolute Gasteiger partial charge is 0.476 e. The first-order chi connectivity index (χ1) is 10.4. The molecule has 0 N–H and O–H groups in total. The predicted octanol–water partition coefficient (Wildman–Crippen LogP) is 3.24. The van der Waals surface area contributed by atoms with Crippen molar-refractivity contribution in [1.29, 1.82) is 0 Å². The molecule has 2 aliphatic heterocycles. The minimum atomic E-state index is 0.520. The first-order valence-corrected chi connectivity index (χ1v) is 8.54. The van der Waals surface area contributed by atoms with Crippen LogP contribution in [-0.2, 0) is 0 Å². The van der Waals surface area contributed by atoms with Crippen LogP contribution in [0.2, 0.25) is 0 Å². The van der Waals surface area contributed by atoms with Crippen molar-refractivity contribution in [3.63, 3.8) is 0 Å². The minimum absolute atomic E-state index is 0.520. The van der Waals surface area contributed by atoms with Gasteiger partial charge in [0.2, 0.25) is 5.88 Å². The molecule has 0 spiro atoms. The molecule has 3 atom stereocenters. The van der Waals surface area contributed by atoms with Gasteiger partial charge in [0.15, 0.2) is 0 Å². The second kappa shape index (κ2) is 7.21. The van der Waals surface area contributed by atoms with Crippen molar-refractivity contribution in [2.24, 2.45) is 5.92 Å². The van der Waals surface area contributed by atoms with Crippen molar-refractivity contribution in [2.75, 3.05) is 26.2 Å². The van der Waals surface area contributed by atoms with Crippen molar-refractivity contribution < 1.29 is 4.74 Å². The maximum Gasteiger partial charge on any atom is 0.235 e. The van der Waals surface area contributed by atoms with Crippen LogP contribution in [0.5, 0.6) is 5.88 Å². The van der Waals surface area contributed by atoms with Gasteiger partial charge in [-0.05, 0) is 31.7 Å². The number of aromatic nitrogens is 2. The summed E-state index contributed by atoms with van der Waals surface area (Å²) < 4.78 is 5.95. The highest BCUT2D eigenvalue weighted by molar-refractivity contribution is 5.25. The molecule has 4 heteroatoms. The van der Waals surface area contributed by atoms with Crippen molar-refractivity contribution in [2.45, 2.75) is 51.4 Å². The number of fused-ring (bicyclic) bond motifs is 2. The molecular formula is C17H27N3O. The monoisotopic (exact) mass is 289 g/mol. The van der Waals surface area contributed by atoms with E-state index in [0.29, 0.717) is 5.92 Å². The molecule has 1 aromatic heterocycles. The maximum absolute atomic E-state index is 5.95. The molecule has 2 fully saturated rings. The summed E-state index contributed by atoms with van der Waals surface area (Å²) in [6.45, 7) is 6.62. The average Bonchev–Trinajstić information content (AvgIpc) is 2.81. The highest BCUT2D eigenvalue weighted by atomic mass is 16.5. The van der Waals surface area contributed by atoms with Gasteiger partial charge in [-0.25, -0.2) is 4.98 Å². The summed E-state index contributed by atoms with van der Waals surface area (Å²) in [5.41, 5.74) is 1.10. The lowest BCUT2D eigenvalue weighted by Gasteiger charge is -2.22. The van der Waals surface area contributed by atoms with Crippen LogP contribution in [-0.4, -0.2) is 41.1 Å². The van der Waals surface area contributed by atoms with Gasteiger partial charge in [0.25, 0.3) is 0 Å². The van der Waals surface area contributed by atoms with Crippen molar-refractivity contribution in [3.05, 3.63) is 18.1 Å². The van der Waals surface area contributed by atoms with Crippen LogP contribution in [0.25, 0.3) is 0 Å². The third kappa shape index (κ3) is 3.54. The fourth-order valence-corrected chi connectivity index (χ4v) is 3.72. The van der Waals surface area contributed by atoms with Gasteiger partial charge in [0, 0.05) is 31.4 Å². The Morgan fingerprint density at radius 3 is 2.95 bits per heavy atom. The second-order valence-corrected chi connectivity index (χ2v) is 6.42. The van der Waals surface area contributed by atoms with E-state index >= 15 is 0 Å². The van der Waals surface area contributed by atoms with Crippen molar-refractivity contribution >= 4 is 0 Å². The van der Waals surface area contributed by atoms with Gasteiger partial charge in [0.1, 0.15) is 5.69 Å². The van der Waals surface area contributed by atoms with Gasteiger partial charge in [0.05, 0.1) is 6.61 Å². The number of piperidine rings is 1. The van der Waals surface area contributed by atoms with Crippen LogP contribution >= 0.6 is 0 Å². The molecule has 0 aromatic carbocycles. The van der Waals surface area contributed by atoms with E-state index in [9.17, 15) is 0 Å². The van der Waals surface area contributed by atoms with Gasteiger partial charge in [-0.1, -0.05) is 26.2 Å². The van der Waals surface area contributed by atoms with Crippen LogP contribution in [0, 0.1) is 5.92 Å². The van der Waals surface area contributed by atoms with E-state index in [4.69, 9.17) is 4.74 Å². The molecule has 0 saturated carbocycles. The van der Waals surface area contributed by atoms with Crippen LogP contribution < -0.4 is 4.74 Å². The summed E-state index contributed by atoms with van der Waals surface area (Å²) in [5, 5.41) is 0. The Morgan fingerprint density at radius 2 is 2.10 bits per heavy atom. The summed E-state index contributed by atoms with van der Waals surface area (Å²) >= 11 is 0. The first-order valence-electron chi connectivity index (χ1n) is 8.54. The Kier molecular flexibility index (Phi) is 5.07. The molecule has 0 radical (unpaired) electrons. The van der Waals surface area contributed by atoms with E-state index in [1.807, 2.05) is 6.20 Å². The van der Waals surface area contributed by atoms with E-state index < -0.39 is 0 Å². The summed E-state index contributed by atoms with van der Waals surface area (Å²) in [4.78, 5) is 11.6. The van der Waals surface area contributed by atoms with Crippen molar-refractivity contribution in [3.8, 4) is 5.88 Å². The zero-order valence-electron chi connectivity index (χ0n) is 13.1. The third-order valence-electron chi connectivity index (χ3n) is 4.84. The topological polar surface area (TPSA) is 38.3 Å². The summed E-state index contributed by atoms with van der Waals surface area (Å²) in [6.07, 6.45) is 11.1. The minimum Gasteiger partial charge on any atom is -0.476 e.